The van der Waals surface area contributed by atoms with Gasteiger partial charge in [-0.05, 0) is 30.4 Å². The van der Waals surface area contributed by atoms with Crippen LogP contribution in [-0.2, 0) is 35.2 Å². The van der Waals surface area contributed by atoms with Crippen LogP contribution >= 0.6 is 0 Å². The molecule has 0 bridgehead atoms. The molecule has 0 spiro atoms. The molecule has 1 aromatic heterocycles. The lowest BCUT2D eigenvalue weighted by Crippen LogP contribution is -2.59. The number of carbonyl (C=O) groups excluding carboxylic acids is 4. The first kappa shape index (κ1) is 30.8. The molecule has 0 fully saturated rings. The molecular formula is C25H34N6O8. The first-order chi connectivity index (χ1) is 18.3. The number of fused-ring (bicyclic) bond motifs is 1. The summed E-state index contributed by atoms with van der Waals surface area (Å²) in [5, 5.41) is 26.0. The summed E-state index contributed by atoms with van der Waals surface area (Å²) in [5.41, 5.74) is 13.0. The number of hydrogen-bond acceptors (Lipinski definition) is 7. The third-order valence-corrected chi connectivity index (χ3v) is 6.00. The minimum Gasteiger partial charge on any atom is -0.481 e. The van der Waals surface area contributed by atoms with Crippen LogP contribution in [0.2, 0.25) is 0 Å². The number of aromatic nitrogens is 1. The number of hydrogen-bond donors (Lipinski definition) is 8. The van der Waals surface area contributed by atoms with Crippen molar-refractivity contribution in [2.75, 3.05) is 0 Å². The standard InChI is InChI=1S/C25H34N6O8/c1-12(2)21(24(37)29-17(25(38)39)7-8-20(33)34)31-23(36)18(10-19(27)32)30-22(35)15(26)9-13-11-28-16-6-4-3-5-14(13)16/h3-6,11-12,15,17-18,21,28H,7-10,26H2,1-2H3,(H2,27,32)(H,29,37)(H,30,35)(H,31,36)(H,33,34)(H,38,39). The Morgan fingerprint density at radius 1 is 0.923 bits per heavy atom. The number of carbonyl (C=O) groups is 6. The molecule has 0 aliphatic carbocycles. The van der Waals surface area contributed by atoms with Gasteiger partial charge in [-0.15, -0.1) is 0 Å². The molecule has 0 aliphatic heterocycles. The van der Waals surface area contributed by atoms with Crippen molar-refractivity contribution < 1.29 is 39.0 Å². The van der Waals surface area contributed by atoms with E-state index in [1.807, 2.05) is 24.3 Å². The van der Waals surface area contributed by atoms with Gasteiger partial charge in [-0.1, -0.05) is 32.0 Å². The minimum absolute atomic E-state index is 0.130. The third-order valence-electron chi connectivity index (χ3n) is 6.00. The number of nitrogens with one attached hydrogen (secondary N) is 4. The van der Waals surface area contributed by atoms with Crippen molar-refractivity contribution in [2.45, 2.75) is 63.7 Å². The lowest BCUT2D eigenvalue weighted by atomic mass is 10.0. The van der Waals surface area contributed by atoms with Gasteiger partial charge in [-0.3, -0.25) is 24.0 Å². The number of benzene rings is 1. The Bertz CT molecular complexity index is 1230. The fraction of sp³-hybridized carbons (Fsp3) is 0.440. The summed E-state index contributed by atoms with van der Waals surface area (Å²) in [7, 11) is 0. The Morgan fingerprint density at radius 3 is 2.15 bits per heavy atom. The molecule has 10 N–H and O–H groups in total. The predicted molar refractivity (Wildman–Crippen MR) is 139 cm³/mol. The van der Waals surface area contributed by atoms with E-state index in [0.717, 1.165) is 16.5 Å². The van der Waals surface area contributed by atoms with E-state index < -0.39 is 78.5 Å². The smallest absolute Gasteiger partial charge is 0.326 e. The molecule has 1 aromatic carbocycles. The van der Waals surface area contributed by atoms with E-state index in [1.54, 1.807) is 20.0 Å². The van der Waals surface area contributed by atoms with Crippen molar-refractivity contribution in [3.63, 3.8) is 0 Å². The second kappa shape index (κ2) is 13.9. The predicted octanol–water partition coefficient (Wildman–Crippen LogP) is -1.03. The molecule has 1 heterocycles. The lowest BCUT2D eigenvalue weighted by molar-refractivity contribution is -0.144. The SMILES string of the molecule is CC(C)C(NC(=O)C(CC(N)=O)NC(=O)C(N)Cc1c[nH]c2ccccc12)C(=O)NC(CCC(=O)O)C(=O)O. The number of aromatic amines is 1. The zero-order valence-electron chi connectivity index (χ0n) is 21.6. The number of rotatable bonds is 15. The normalized spacial score (nSPS) is 14.2. The molecular weight excluding hydrogens is 512 g/mol. The van der Waals surface area contributed by atoms with Gasteiger partial charge < -0.3 is 42.6 Å². The van der Waals surface area contributed by atoms with Crippen LogP contribution in [0.3, 0.4) is 0 Å². The highest BCUT2D eigenvalue weighted by molar-refractivity contribution is 5.96. The molecule has 0 saturated heterocycles. The van der Waals surface area contributed by atoms with Gasteiger partial charge in [0.05, 0.1) is 12.5 Å². The monoisotopic (exact) mass is 546 g/mol. The van der Waals surface area contributed by atoms with Gasteiger partial charge in [0.2, 0.25) is 23.6 Å². The summed E-state index contributed by atoms with van der Waals surface area (Å²) in [6.45, 7) is 3.16. The number of amides is 4. The van der Waals surface area contributed by atoms with Crippen LogP contribution < -0.4 is 27.4 Å². The molecule has 14 heteroatoms. The highest BCUT2D eigenvalue weighted by atomic mass is 16.4. The molecule has 0 aliphatic rings. The van der Waals surface area contributed by atoms with Gasteiger partial charge in [0, 0.05) is 23.5 Å². The molecule has 2 rings (SSSR count). The quantitative estimate of drug-likeness (QED) is 0.136. The Hall–Kier alpha value is -4.46. The van der Waals surface area contributed by atoms with E-state index >= 15 is 0 Å². The van der Waals surface area contributed by atoms with Crippen molar-refractivity contribution in [3.8, 4) is 0 Å². The number of carboxylic acids is 2. The van der Waals surface area contributed by atoms with Crippen molar-refractivity contribution in [2.24, 2.45) is 17.4 Å². The summed E-state index contributed by atoms with van der Waals surface area (Å²) in [5.74, 6) is -6.64. The molecule has 0 saturated carbocycles. The number of para-hydroxylation sites is 1. The van der Waals surface area contributed by atoms with Gasteiger partial charge in [-0.25, -0.2) is 4.79 Å². The van der Waals surface area contributed by atoms with Crippen LogP contribution in [0.15, 0.2) is 30.5 Å². The Balaban J connectivity index is 2.11. The van der Waals surface area contributed by atoms with E-state index in [-0.39, 0.29) is 12.8 Å². The Kier molecular flexibility index (Phi) is 11.0. The highest BCUT2D eigenvalue weighted by Crippen LogP contribution is 2.19. The van der Waals surface area contributed by atoms with E-state index in [0.29, 0.717) is 0 Å². The van der Waals surface area contributed by atoms with Crippen molar-refractivity contribution >= 4 is 46.5 Å². The molecule has 4 unspecified atom stereocenters. The minimum atomic E-state index is -1.50. The fourth-order valence-corrected chi connectivity index (χ4v) is 3.89. The summed E-state index contributed by atoms with van der Waals surface area (Å²) < 4.78 is 0. The van der Waals surface area contributed by atoms with Crippen molar-refractivity contribution in [1.29, 1.82) is 0 Å². The zero-order chi connectivity index (χ0) is 29.3. The Morgan fingerprint density at radius 2 is 1.56 bits per heavy atom. The van der Waals surface area contributed by atoms with Gasteiger partial charge in [0.25, 0.3) is 0 Å². The molecule has 0 radical (unpaired) electrons. The van der Waals surface area contributed by atoms with E-state index in [4.69, 9.17) is 16.6 Å². The maximum absolute atomic E-state index is 13.0. The first-order valence-electron chi connectivity index (χ1n) is 12.2. The summed E-state index contributed by atoms with van der Waals surface area (Å²) in [6, 6.07) is 2.11. The average Bonchev–Trinajstić information content (AvgIpc) is 3.26. The van der Waals surface area contributed by atoms with E-state index in [1.165, 1.54) is 0 Å². The second-order valence-corrected chi connectivity index (χ2v) is 9.46. The van der Waals surface area contributed by atoms with Gasteiger partial charge in [-0.2, -0.15) is 0 Å². The van der Waals surface area contributed by atoms with Crippen LogP contribution in [0.4, 0.5) is 0 Å². The maximum Gasteiger partial charge on any atom is 0.326 e. The van der Waals surface area contributed by atoms with Gasteiger partial charge in [0.1, 0.15) is 18.1 Å². The van der Waals surface area contributed by atoms with E-state index in [2.05, 4.69) is 20.9 Å². The molecule has 4 amide bonds. The number of nitrogens with two attached hydrogens (primary N) is 2. The second-order valence-electron chi connectivity index (χ2n) is 9.46. The molecule has 4 atom stereocenters. The van der Waals surface area contributed by atoms with E-state index in [9.17, 15) is 33.9 Å². The average molecular weight is 547 g/mol. The van der Waals surface area contributed by atoms with Gasteiger partial charge >= 0.3 is 11.9 Å². The Labute approximate surface area is 223 Å². The van der Waals surface area contributed by atoms with Crippen LogP contribution in [0.5, 0.6) is 0 Å². The summed E-state index contributed by atoms with van der Waals surface area (Å²) >= 11 is 0. The zero-order valence-corrected chi connectivity index (χ0v) is 21.6. The van der Waals surface area contributed by atoms with Crippen LogP contribution in [0.25, 0.3) is 10.9 Å². The number of primary amides is 1. The third kappa shape index (κ3) is 9.10. The number of aliphatic carboxylic acids is 2. The van der Waals surface area contributed by atoms with Crippen molar-refractivity contribution in [3.05, 3.63) is 36.0 Å². The maximum atomic E-state index is 13.0. The summed E-state index contributed by atoms with van der Waals surface area (Å²) in [6.07, 6.45) is 0.397. The molecule has 39 heavy (non-hydrogen) atoms. The van der Waals surface area contributed by atoms with Crippen LogP contribution in [0.1, 0.15) is 38.7 Å². The summed E-state index contributed by atoms with van der Waals surface area (Å²) in [4.78, 5) is 75.6. The molecule has 2 aromatic rings. The largest absolute Gasteiger partial charge is 0.481 e. The van der Waals surface area contributed by atoms with Crippen molar-refractivity contribution in [1.82, 2.24) is 20.9 Å². The molecule has 212 valence electrons. The van der Waals surface area contributed by atoms with Crippen LogP contribution in [0, 0.1) is 5.92 Å². The molecule has 14 nitrogen and oxygen atoms in total. The number of carboxylic acid groups (broad SMARTS) is 2. The first-order valence-corrected chi connectivity index (χ1v) is 12.2. The highest BCUT2D eigenvalue weighted by Gasteiger charge is 2.32. The van der Waals surface area contributed by atoms with Crippen LogP contribution in [-0.4, -0.2) is 74.9 Å². The fourth-order valence-electron chi connectivity index (χ4n) is 3.89. The van der Waals surface area contributed by atoms with Gasteiger partial charge in [0.15, 0.2) is 0 Å². The lowest BCUT2D eigenvalue weighted by Gasteiger charge is -2.26. The number of H-pyrrole nitrogens is 1. The topological polar surface area (TPSA) is 247 Å².